The summed E-state index contributed by atoms with van der Waals surface area (Å²) in [4.78, 5) is 23.2. The highest BCUT2D eigenvalue weighted by atomic mass is 79.9. The molecule has 0 aliphatic heterocycles. The van der Waals surface area contributed by atoms with Crippen LogP contribution in [0.5, 0.6) is 0 Å². The first-order valence-corrected chi connectivity index (χ1v) is 6.47. The summed E-state index contributed by atoms with van der Waals surface area (Å²) in [5, 5.41) is 12.9. The van der Waals surface area contributed by atoms with Gasteiger partial charge in [0.2, 0.25) is 0 Å². The van der Waals surface area contributed by atoms with Crippen LogP contribution in [0.25, 0.3) is 0 Å². The molecule has 0 bridgehead atoms. The Morgan fingerprint density at radius 3 is 2.79 bits per heavy atom. The van der Waals surface area contributed by atoms with Crippen LogP contribution in [0.4, 0.5) is 5.82 Å². The van der Waals surface area contributed by atoms with E-state index in [-0.39, 0.29) is 11.5 Å². The van der Waals surface area contributed by atoms with Gasteiger partial charge in [-0.15, -0.1) is 0 Å². The minimum atomic E-state index is -0.635. The van der Waals surface area contributed by atoms with Gasteiger partial charge in [0.05, 0.1) is 10.7 Å². The molecule has 1 amide bonds. The first-order valence-electron chi connectivity index (χ1n) is 5.68. The second-order valence-corrected chi connectivity index (χ2v) is 5.31. The lowest BCUT2D eigenvalue weighted by Gasteiger charge is -2.15. The standard InChI is InChI=1S/C11H10BrN5O2/c12-7-5-13-17(6-7)11(3-4-11)10(19)14-8-1-2-9(18)16-15-8/h1-2,5-6H,3-4H2,(H,16,18)(H,14,15,19). The van der Waals surface area contributed by atoms with Crippen LogP contribution in [0.1, 0.15) is 12.8 Å². The summed E-state index contributed by atoms with van der Waals surface area (Å²) < 4.78 is 2.48. The van der Waals surface area contributed by atoms with E-state index in [1.807, 2.05) is 0 Å². The predicted octanol–water partition coefficient (Wildman–Crippen LogP) is 0.857. The smallest absolute Gasteiger partial charge is 0.264 e. The lowest BCUT2D eigenvalue weighted by Crippen LogP contribution is -2.34. The Labute approximate surface area is 116 Å². The molecule has 3 rings (SSSR count). The molecule has 1 aliphatic rings. The number of amides is 1. The third-order valence-corrected chi connectivity index (χ3v) is 3.47. The number of aromatic amines is 1. The first kappa shape index (κ1) is 12.1. The summed E-state index contributed by atoms with van der Waals surface area (Å²) in [5.41, 5.74) is -0.945. The third kappa shape index (κ3) is 2.19. The van der Waals surface area contributed by atoms with E-state index in [0.29, 0.717) is 5.82 Å². The summed E-state index contributed by atoms with van der Waals surface area (Å²) in [6.45, 7) is 0. The molecule has 1 fully saturated rings. The maximum Gasteiger partial charge on any atom is 0.264 e. The van der Waals surface area contributed by atoms with Crippen LogP contribution in [0.15, 0.2) is 33.8 Å². The number of carbonyl (C=O) groups excluding carboxylic acids is 1. The molecule has 0 atom stereocenters. The molecule has 1 saturated carbocycles. The first-order chi connectivity index (χ1) is 9.10. The average molecular weight is 324 g/mol. The van der Waals surface area contributed by atoms with Crippen LogP contribution in [0, 0.1) is 0 Å². The van der Waals surface area contributed by atoms with Crippen LogP contribution in [-0.2, 0) is 10.3 Å². The van der Waals surface area contributed by atoms with Crippen LogP contribution in [0.2, 0.25) is 0 Å². The summed E-state index contributed by atoms with van der Waals surface area (Å²) >= 11 is 3.31. The molecular weight excluding hydrogens is 314 g/mol. The van der Waals surface area contributed by atoms with E-state index < -0.39 is 5.54 Å². The van der Waals surface area contributed by atoms with Gasteiger partial charge in [-0.3, -0.25) is 14.3 Å². The summed E-state index contributed by atoms with van der Waals surface area (Å²) in [5.74, 6) is 0.143. The maximum absolute atomic E-state index is 12.3. The normalized spacial score (nSPS) is 16.1. The van der Waals surface area contributed by atoms with Gasteiger partial charge < -0.3 is 5.32 Å². The fraction of sp³-hybridized carbons (Fsp3) is 0.273. The van der Waals surface area contributed by atoms with Gasteiger partial charge >= 0.3 is 0 Å². The number of H-pyrrole nitrogens is 1. The van der Waals surface area contributed by atoms with Crippen molar-refractivity contribution in [3.8, 4) is 0 Å². The summed E-state index contributed by atoms with van der Waals surface area (Å²) in [6.07, 6.45) is 4.88. The number of hydrogen-bond acceptors (Lipinski definition) is 4. The molecule has 0 unspecified atom stereocenters. The fourth-order valence-corrected chi connectivity index (χ4v) is 2.15. The average Bonchev–Trinajstić information content (AvgIpc) is 3.10. The highest BCUT2D eigenvalue weighted by Gasteiger charge is 2.52. The molecule has 0 radical (unpaired) electrons. The van der Waals surface area contributed by atoms with E-state index in [0.717, 1.165) is 17.3 Å². The van der Waals surface area contributed by atoms with Gasteiger partial charge in [-0.1, -0.05) is 0 Å². The van der Waals surface area contributed by atoms with Crippen molar-refractivity contribution < 1.29 is 4.79 Å². The molecule has 8 heteroatoms. The predicted molar refractivity (Wildman–Crippen MR) is 70.6 cm³/mol. The van der Waals surface area contributed by atoms with Crippen molar-refractivity contribution in [2.24, 2.45) is 0 Å². The number of nitrogens with one attached hydrogen (secondary N) is 2. The van der Waals surface area contributed by atoms with E-state index in [4.69, 9.17) is 0 Å². The van der Waals surface area contributed by atoms with Gasteiger partial charge in [0.15, 0.2) is 5.82 Å². The quantitative estimate of drug-likeness (QED) is 0.876. The SMILES string of the molecule is O=C(Nc1ccc(=O)[nH]n1)C1(n2cc(Br)cn2)CC1. The Morgan fingerprint density at radius 1 is 1.47 bits per heavy atom. The summed E-state index contributed by atoms with van der Waals surface area (Å²) in [6, 6.07) is 2.78. The van der Waals surface area contributed by atoms with Gasteiger partial charge in [-0.25, -0.2) is 5.10 Å². The molecular formula is C11H10BrN5O2. The maximum atomic E-state index is 12.3. The Hall–Kier alpha value is -1.96. The van der Waals surface area contributed by atoms with Crippen molar-refractivity contribution in [2.75, 3.05) is 5.32 Å². The van der Waals surface area contributed by atoms with Gasteiger partial charge in [-0.05, 0) is 34.8 Å². The molecule has 1 aliphatic carbocycles. The topological polar surface area (TPSA) is 92.7 Å². The zero-order chi connectivity index (χ0) is 13.5. The van der Waals surface area contributed by atoms with E-state index >= 15 is 0 Å². The zero-order valence-electron chi connectivity index (χ0n) is 9.76. The van der Waals surface area contributed by atoms with Gasteiger partial charge in [0, 0.05) is 12.3 Å². The Balaban J connectivity index is 1.81. The van der Waals surface area contributed by atoms with Crippen LogP contribution in [-0.4, -0.2) is 25.9 Å². The van der Waals surface area contributed by atoms with Gasteiger partial charge in [0.1, 0.15) is 5.54 Å². The molecule has 98 valence electrons. The molecule has 0 aromatic carbocycles. The van der Waals surface area contributed by atoms with E-state index in [1.165, 1.54) is 12.1 Å². The lowest BCUT2D eigenvalue weighted by atomic mass is 10.2. The molecule has 19 heavy (non-hydrogen) atoms. The fourth-order valence-electron chi connectivity index (χ4n) is 1.86. The van der Waals surface area contributed by atoms with E-state index in [1.54, 1.807) is 17.1 Å². The minimum absolute atomic E-state index is 0.178. The van der Waals surface area contributed by atoms with Crippen molar-refractivity contribution in [2.45, 2.75) is 18.4 Å². The molecule has 0 saturated heterocycles. The van der Waals surface area contributed by atoms with Crippen molar-refractivity contribution in [1.29, 1.82) is 0 Å². The third-order valence-electron chi connectivity index (χ3n) is 3.06. The monoisotopic (exact) mass is 323 g/mol. The Kier molecular flexibility index (Phi) is 2.74. The number of hydrogen-bond donors (Lipinski definition) is 2. The molecule has 7 nitrogen and oxygen atoms in total. The highest BCUT2D eigenvalue weighted by molar-refractivity contribution is 9.10. The molecule has 2 heterocycles. The van der Waals surface area contributed by atoms with Crippen molar-refractivity contribution in [3.63, 3.8) is 0 Å². The largest absolute Gasteiger partial charge is 0.307 e. The molecule has 2 aromatic heterocycles. The second kappa shape index (κ2) is 4.30. The number of nitrogens with zero attached hydrogens (tertiary/aromatic N) is 3. The second-order valence-electron chi connectivity index (χ2n) is 4.40. The van der Waals surface area contributed by atoms with Crippen LogP contribution in [0.3, 0.4) is 0 Å². The van der Waals surface area contributed by atoms with Crippen LogP contribution >= 0.6 is 15.9 Å². The van der Waals surface area contributed by atoms with Gasteiger partial charge in [-0.2, -0.15) is 10.2 Å². The van der Waals surface area contributed by atoms with Crippen molar-refractivity contribution in [3.05, 3.63) is 39.4 Å². The summed E-state index contributed by atoms with van der Waals surface area (Å²) in [7, 11) is 0. The molecule has 0 spiro atoms. The minimum Gasteiger partial charge on any atom is -0.307 e. The highest BCUT2D eigenvalue weighted by Crippen LogP contribution is 2.44. The molecule has 2 N–H and O–H groups in total. The number of aromatic nitrogens is 4. The zero-order valence-corrected chi connectivity index (χ0v) is 11.3. The lowest BCUT2D eigenvalue weighted by molar-refractivity contribution is -0.120. The number of anilines is 1. The number of carbonyl (C=O) groups is 1. The number of rotatable bonds is 3. The van der Waals surface area contributed by atoms with Crippen molar-refractivity contribution in [1.82, 2.24) is 20.0 Å². The van der Waals surface area contributed by atoms with Gasteiger partial charge in [0.25, 0.3) is 11.5 Å². The van der Waals surface area contributed by atoms with E-state index in [9.17, 15) is 9.59 Å². The van der Waals surface area contributed by atoms with E-state index in [2.05, 4.69) is 36.5 Å². The van der Waals surface area contributed by atoms with Crippen LogP contribution < -0.4 is 10.9 Å². The number of halogens is 1. The van der Waals surface area contributed by atoms with Crippen molar-refractivity contribution >= 4 is 27.7 Å². The Bertz CT molecular complexity index is 668. The molecule has 2 aromatic rings. The Morgan fingerprint density at radius 2 is 2.26 bits per heavy atom.